The van der Waals surface area contributed by atoms with Crippen molar-refractivity contribution in [1.29, 1.82) is 0 Å². The van der Waals surface area contributed by atoms with Crippen molar-refractivity contribution in [3.8, 4) is 5.75 Å². The Morgan fingerprint density at radius 2 is 1.81 bits per heavy atom. The van der Waals surface area contributed by atoms with E-state index in [1.165, 1.54) is 22.4 Å². The molecule has 3 nitrogen and oxygen atoms in total. The van der Waals surface area contributed by atoms with Gasteiger partial charge in [-0.2, -0.15) is 0 Å². The zero-order valence-corrected chi connectivity index (χ0v) is 22.4. The Morgan fingerprint density at radius 1 is 0.973 bits per heavy atom. The average molecular weight is 550 g/mol. The molecule has 37 heavy (non-hydrogen) atoms. The van der Waals surface area contributed by atoms with Crippen LogP contribution < -0.4 is 10.1 Å². The number of nitrogens with one attached hydrogen (secondary N) is 1. The minimum Gasteiger partial charge on any atom is -0.488 e. The van der Waals surface area contributed by atoms with Crippen LogP contribution in [0.2, 0.25) is 0 Å². The maximum absolute atomic E-state index is 6.11. The minimum absolute atomic E-state index is 0.288. The van der Waals surface area contributed by atoms with Gasteiger partial charge in [-0.05, 0) is 72.4 Å². The van der Waals surface area contributed by atoms with E-state index >= 15 is 0 Å². The fourth-order valence-corrected chi connectivity index (χ4v) is 5.82. The Kier molecular flexibility index (Phi) is 6.67. The van der Waals surface area contributed by atoms with Gasteiger partial charge in [0.25, 0.3) is 0 Å². The van der Waals surface area contributed by atoms with Crippen molar-refractivity contribution >= 4 is 33.5 Å². The lowest BCUT2D eigenvalue weighted by Crippen LogP contribution is -2.29. The summed E-state index contributed by atoms with van der Waals surface area (Å²) in [6.45, 7) is 2.69. The SMILES string of the molecule is Cc1ccc2c(c1)[C@@H]1C=CC[C@H]1[C@@H](c1ccc(N=Cc3cc(Br)ccc3OCc3ccccc3)cc1)N2. The number of fused-ring (bicyclic) bond motifs is 3. The topological polar surface area (TPSA) is 33.6 Å². The van der Waals surface area contributed by atoms with Crippen LogP contribution in [0.15, 0.2) is 113 Å². The summed E-state index contributed by atoms with van der Waals surface area (Å²) in [5.41, 5.74) is 8.30. The second-order valence-electron chi connectivity index (χ2n) is 9.87. The second kappa shape index (κ2) is 10.4. The first kappa shape index (κ1) is 23.7. The predicted molar refractivity (Wildman–Crippen MR) is 156 cm³/mol. The summed E-state index contributed by atoms with van der Waals surface area (Å²) in [5.74, 6) is 1.83. The molecule has 0 saturated carbocycles. The first-order valence-electron chi connectivity index (χ1n) is 12.8. The molecule has 1 heterocycles. The molecule has 2 aliphatic rings. The van der Waals surface area contributed by atoms with Crippen LogP contribution >= 0.6 is 15.9 Å². The summed E-state index contributed by atoms with van der Waals surface area (Å²) in [6, 6.07) is 31.9. The molecule has 184 valence electrons. The van der Waals surface area contributed by atoms with Crippen LogP contribution in [0.4, 0.5) is 11.4 Å². The van der Waals surface area contributed by atoms with Gasteiger partial charge in [-0.3, -0.25) is 4.99 Å². The van der Waals surface area contributed by atoms with Crippen molar-refractivity contribution in [2.75, 3.05) is 5.32 Å². The number of anilines is 1. The molecule has 0 fully saturated rings. The monoisotopic (exact) mass is 548 g/mol. The number of rotatable bonds is 6. The highest BCUT2D eigenvalue weighted by molar-refractivity contribution is 9.10. The Hall–Kier alpha value is -3.63. The van der Waals surface area contributed by atoms with Crippen molar-refractivity contribution in [2.45, 2.75) is 31.9 Å². The van der Waals surface area contributed by atoms with Gasteiger partial charge in [0, 0.05) is 27.9 Å². The smallest absolute Gasteiger partial charge is 0.128 e. The highest BCUT2D eigenvalue weighted by Crippen LogP contribution is 2.50. The molecule has 1 aliphatic heterocycles. The van der Waals surface area contributed by atoms with Gasteiger partial charge in [0.05, 0.1) is 11.7 Å². The first-order valence-corrected chi connectivity index (χ1v) is 13.6. The number of benzene rings is 4. The first-order chi connectivity index (χ1) is 18.1. The van der Waals surface area contributed by atoms with Crippen LogP contribution in [0, 0.1) is 12.8 Å². The normalized spacial score (nSPS) is 19.9. The fraction of sp³-hybridized carbons (Fsp3) is 0.182. The molecule has 0 aromatic heterocycles. The Bertz CT molecular complexity index is 1460. The van der Waals surface area contributed by atoms with E-state index in [0.717, 1.165) is 33.5 Å². The standard InChI is InChI=1S/C33H29BrN2O/c1-22-10-16-31-30(18-22)28-8-5-9-29(28)33(36-31)24-11-14-27(15-12-24)35-20-25-19-26(34)13-17-32(25)37-21-23-6-3-2-4-7-23/h2-8,10-20,28-29,33,36H,9,21H2,1H3/t28-,29-,33-/m1/s1. The molecule has 0 bridgehead atoms. The molecule has 0 unspecified atom stereocenters. The molecule has 6 rings (SSSR count). The van der Waals surface area contributed by atoms with Crippen LogP contribution in [0.3, 0.4) is 0 Å². The van der Waals surface area contributed by atoms with E-state index in [4.69, 9.17) is 9.73 Å². The van der Waals surface area contributed by atoms with Gasteiger partial charge in [0.2, 0.25) is 0 Å². The summed E-state index contributed by atoms with van der Waals surface area (Å²) in [6.07, 6.45) is 7.72. The van der Waals surface area contributed by atoms with E-state index < -0.39 is 0 Å². The zero-order chi connectivity index (χ0) is 25.2. The quantitative estimate of drug-likeness (QED) is 0.192. The fourth-order valence-electron chi connectivity index (χ4n) is 5.44. The van der Waals surface area contributed by atoms with Crippen molar-refractivity contribution in [2.24, 2.45) is 10.9 Å². The van der Waals surface area contributed by atoms with Gasteiger partial charge in [-0.25, -0.2) is 0 Å². The van der Waals surface area contributed by atoms with E-state index in [9.17, 15) is 0 Å². The van der Waals surface area contributed by atoms with Gasteiger partial charge in [0.15, 0.2) is 0 Å². The summed E-state index contributed by atoms with van der Waals surface area (Å²) in [4.78, 5) is 4.77. The summed E-state index contributed by atoms with van der Waals surface area (Å²) in [5, 5.41) is 3.83. The van der Waals surface area contributed by atoms with E-state index in [0.29, 0.717) is 18.4 Å². The van der Waals surface area contributed by atoms with Gasteiger partial charge in [-0.15, -0.1) is 0 Å². The Labute approximate surface area is 227 Å². The summed E-state index contributed by atoms with van der Waals surface area (Å²) >= 11 is 3.58. The number of halogens is 1. The highest BCUT2D eigenvalue weighted by Gasteiger charge is 2.37. The van der Waals surface area contributed by atoms with Crippen molar-refractivity contribution in [3.63, 3.8) is 0 Å². The van der Waals surface area contributed by atoms with E-state index in [2.05, 4.69) is 94.9 Å². The molecular formula is C33H29BrN2O. The van der Waals surface area contributed by atoms with Gasteiger partial charge in [0.1, 0.15) is 12.4 Å². The number of hydrogen-bond donors (Lipinski definition) is 1. The maximum Gasteiger partial charge on any atom is 0.128 e. The second-order valence-corrected chi connectivity index (χ2v) is 10.8. The van der Waals surface area contributed by atoms with E-state index in [-0.39, 0.29) is 6.04 Å². The molecule has 1 aliphatic carbocycles. The molecule has 0 amide bonds. The van der Waals surface area contributed by atoms with Crippen LogP contribution in [0.5, 0.6) is 5.75 Å². The lowest BCUT2D eigenvalue weighted by Gasteiger charge is -2.37. The number of aliphatic imine (C=N–C) groups is 1. The molecule has 4 heteroatoms. The number of aryl methyl sites for hydroxylation is 1. The van der Waals surface area contributed by atoms with Crippen molar-refractivity contribution in [3.05, 3.63) is 135 Å². The van der Waals surface area contributed by atoms with Crippen LogP contribution in [-0.4, -0.2) is 6.21 Å². The minimum atomic E-state index is 0.288. The Balaban J connectivity index is 1.20. The molecule has 0 saturated heterocycles. The number of hydrogen-bond acceptors (Lipinski definition) is 3. The molecule has 4 aromatic rings. The highest BCUT2D eigenvalue weighted by atomic mass is 79.9. The third kappa shape index (κ3) is 5.12. The third-order valence-corrected chi connectivity index (χ3v) is 7.83. The lowest BCUT2D eigenvalue weighted by atomic mass is 9.76. The summed E-state index contributed by atoms with van der Waals surface area (Å²) in [7, 11) is 0. The van der Waals surface area contributed by atoms with Crippen LogP contribution in [-0.2, 0) is 6.61 Å². The number of ether oxygens (including phenoxy) is 1. The third-order valence-electron chi connectivity index (χ3n) is 7.33. The maximum atomic E-state index is 6.11. The van der Waals surface area contributed by atoms with Crippen LogP contribution in [0.1, 0.15) is 46.2 Å². The predicted octanol–water partition coefficient (Wildman–Crippen LogP) is 8.91. The van der Waals surface area contributed by atoms with E-state index in [1.54, 1.807) is 0 Å². The molecular weight excluding hydrogens is 520 g/mol. The van der Waals surface area contributed by atoms with Gasteiger partial charge < -0.3 is 10.1 Å². The van der Waals surface area contributed by atoms with E-state index in [1.807, 2.05) is 42.6 Å². The molecule has 0 spiro atoms. The van der Waals surface area contributed by atoms with Crippen molar-refractivity contribution in [1.82, 2.24) is 0 Å². The molecule has 3 atom stereocenters. The van der Waals surface area contributed by atoms with Crippen LogP contribution in [0.25, 0.3) is 0 Å². The largest absolute Gasteiger partial charge is 0.488 e. The molecule has 0 radical (unpaired) electrons. The average Bonchev–Trinajstić information content (AvgIpc) is 3.42. The van der Waals surface area contributed by atoms with Gasteiger partial charge >= 0.3 is 0 Å². The zero-order valence-electron chi connectivity index (χ0n) is 20.8. The Morgan fingerprint density at radius 3 is 2.65 bits per heavy atom. The summed E-state index contributed by atoms with van der Waals surface area (Å²) < 4.78 is 7.11. The van der Waals surface area contributed by atoms with Gasteiger partial charge in [-0.1, -0.05) is 88.2 Å². The molecule has 4 aromatic carbocycles. The number of allylic oxidation sites excluding steroid dienone is 2. The number of nitrogens with zero attached hydrogens (tertiary/aromatic N) is 1. The molecule has 1 N–H and O–H groups in total. The lowest BCUT2D eigenvalue weighted by molar-refractivity contribution is 0.306. The van der Waals surface area contributed by atoms with Crippen molar-refractivity contribution < 1.29 is 4.74 Å².